The molecule has 1 saturated heterocycles. The second-order valence-electron chi connectivity index (χ2n) is 6.79. The Labute approximate surface area is 106 Å². The first-order chi connectivity index (χ1) is 7.85. The Balaban J connectivity index is 1.93. The standard InChI is InChI=1S/C14H26O2S/c1-4-6-13(3,7-5-2)12-8-14(9-12)10-17(15,16)11-14/h12H,4-11H2,1-3H3. The Morgan fingerprint density at radius 2 is 1.59 bits per heavy atom. The first kappa shape index (κ1) is 13.4. The van der Waals surface area contributed by atoms with E-state index in [0.29, 0.717) is 16.9 Å². The lowest BCUT2D eigenvalue weighted by Gasteiger charge is -2.58. The molecule has 0 unspecified atom stereocenters. The minimum atomic E-state index is -2.64. The molecule has 0 aromatic heterocycles. The quantitative estimate of drug-likeness (QED) is 0.757. The van der Waals surface area contributed by atoms with Crippen molar-refractivity contribution in [1.29, 1.82) is 0 Å². The molecule has 1 saturated carbocycles. The van der Waals surface area contributed by atoms with E-state index in [1.165, 1.54) is 38.5 Å². The van der Waals surface area contributed by atoms with Gasteiger partial charge in [-0.1, -0.05) is 33.6 Å². The van der Waals surface area contributed by atoms with Gasteiger partial charge >= 0.3 is 0 Å². The fourth-order valence-electron chi connectivity index (χ4n) is 4.28. The molecule has 17 heavy (non-hydrogen) atoms. The molecule has 1 spiro atoms. The van der Waals surface area contributed by atoms with Crippen LogP contribution >= 0.6 is 0 Å². The largest absolute Gasteiger partial charge is 0.229 e. The van der Waals surface area contributed by atoms with Gasteiger partial charge in [0, 0.05) is 0 Å². The lowest BCUT2D eigenvalue weighted by molar-refractivity contribution is -0.0203. The summed E-state index contributed by atoms with van der Waals surface area (Å²) >= 11 is 0. The lowest BCUT2D eigenvalue weighted by Crippen LogP contribution is -2.59. The van der Waals surface area contributed by atoms with Crippen molar-refractivity contribution in [2.24, 2.45) is 16.7 Å². The normalized spacial score (nSPS) is 26.5. The van der Waals surface area contributed by atoms with Crippen LogP contribution in [0.2, 0.25) is 0 Å². The van der Waals surface area contributed by atoms with Crippen molar-refractivity contribution in [3.8, 4) is 0 Å². The summed E-state index contributed by atoms with van der Waals surface area (Å²) in [5.74, 6) is 1.73. The molecule has 0 atom stereocenters. The maximum Gasteiger partial charge on any atom is 0.151 e. The molecule has 0 aromatic rings. The molecule has 0 radical (unpaired) electrons. The summed E-state index contributed by atoms with van der Waals surface area (Å²) in [6.45, 7) is 6.94. The van der Waals surface area contributed by atoms with Crippen LogP contribution in [0.5, 0.6) is 0 Å². The summed E-state index contributed by atoms with van der Waals surface area (Å²) in [7, 11) is -2.64. The van der Waals surface area contributed by atoms with E-state index in [0.717, 1.165) is 5.92 Å². The number of rotatable bonds is 5. The van der Waals surface area contributed by atoms with Crippen molar-refractivity contribution >= 4 is 9.84 Å². The van der Waals surface area contributed by atoms with Crippen LogP contribution < -0.4 is 0 Å². The summed E-state index contributed by atoms with van der Waals surface area (Å²) in [5, 5.41) is 0. The van der Waals surface area contributed by atoms with E-state index in [2.05, 4.69) is 20.8 Å². The highest BCUT2D eigenvalue weighted by Crippen LogP contribution is 2.60. The van der Waals surface area contributed by atoms with Gasteiger partial charge in [0.05, 0.1) is 11.5 Å². The van der Waals surface area contributed by atoms with Crippen LogP contribution in [-0.4, -0.2) is 19.9 Å². The summed E-state index contributed by atoms with van der Waals surface area (Å²) < 4.78 is 22.6. The van der Waals surface area contributed by atoms with Gasteiger partial charge in [-0.3, -0.25) is 0 Å². The first-order valence-corrected chi connectivity index (χ1v) is 8.87. The molecule has 2 aliphatic rings. The van der Waals surface area contributed by atoms with Crippen LogP contribution in [0.25, 0.3) is 0 Å². The highest BCUT2D eigenvalue weighted by molar-refractivity contribution is 7.92. The third-order valence-electron chi connectivity index (χ3n) is 5.04. The minimum Gasteiger partial charge on any atom is -0.229 e. The van der Waals surface area contributed by atoms with Crippen LogP contribution in [0.15, 0.2) is 0 Å². The van der Waals surface area contributed by atoms with E-state index < -0.39 is 9.84 Å². The predicted molar refractivity (Wildman–Crippen MR) is 71.7 cm³/mol. The lowest BCUT2D eigenvalue weighted by atomic mass is 9.53. The van der Waals surface area contributed by atoms with Gasteiger partial charge < -0.3 is 0 Å². The fraction of sp³-hybridized carbons (Fsp3) is 1.00. The van der Waals surface area contributed by atoms with Gasteiger partial charge in [-0.05, 0) is 42.4 Å². The zero-order valence-electron chi connectivity index (χ0n) is 11.5. The van der Waals surface area contributed by atoms with Gasteiger partial charge in [-0.2, -0.15) is 0 Å². The molecular formula is C14H26O2S. The second kappa shape index (κ2) is 4.25. The average Bonchev–Trinajstić information content (AvgIpc) is 2.10. The van der Waals surface area contributed by atoms with Crippen LogP contribution in [0.1, 0.15) is 59.3 Å². The Hall–Kier alpha value is -0.0500. The van der Waals surface area contributed by atoms with Crippen LogP contribution in [0, 0.1) is 16.7 Å². The maximum absolute atomic E-state index is 11.3. The summed E-state index contributed by atoms with van der Waals surface area (Å²) in [6, 6.07) is 0. The Morgan fingerprint density at radius 3 is 1.94 bits per heavy atom. The molecule has 1 heterocycles. The SMILES string of the molecule is CCCC(C)(CCC)C1CC2(C1)CS(=O)(=O)C2. The summed E-state index contributed by atoms with van der Waals surface area (Å²) in [4.78, 5) is 0. The molecule has 0 N–H and O–H groups in total. The van der Waals surface area contributed by atoms with Crippen LogP contribution in [0.4, 0.5) is 0 Å². The summed E-state index contributed by atoms with van der Waals surface area (Å²) in [6.07, 6.45) is 7.44. The van der Waals surface area contributed by atoms with Crippen LogP contribution in [0.3, 0.4) is 0 Å². The molecule has 1 aliphatic heterocycles. The topological polar surface area (TPSA) is 34.1 Å². The highest BCUT2D eigenvalue weighted by atomic mass is 32.2. The van der Waals surface area contributed by atoms with Crippen molar-refractivity contribution in [2.45, 2.75) is 59.3 Å². The monoisotopic (exact) mass is 258 g/mol. The molecule has 0 aromatic carbocycles. The van der Waals surface area contributed by atoms with Crippen molar-refractivity contribution in [1.82, 2.24) is 0 Å². The molecule has 1 aliphatic carbocycles. The third-order valence-corrected chi connectivity index (χ3v) is 7.14. The van der Waals surface area contributed by atoms with Gasteiger partial charge in [0.15, 0.2) is 9.84 Å². The summed E-state index contributed by atoms with van der Waals surface area (Å²) in [5.41, 5.74) is 0.681. The molecule has 0 amide bonds. The van der Waals surface area contributed by atoms with E-state index >= 15 is 0 Å². The van der Waals surface area contributed by atoms with Gasteiger partial charge in [0.2, 0.25) is 0 Å². The van der Waals surface area contributed by atoms with Crippen molar-refractivity contribution in [2.75, 3.05) is 11.5 Å². The van der Waals surface area contributed by atoms with Crippen molar-refractivity contribution in [3.63, 3.8) is 0 Å². The predicted octanol–water partition coefficient (Wildman–Crippen LogP) is 3.42. The smallest absolute Gasteiger partial charge is 0.151 e. The van der Waals surface area contributed by atoms with E-state index in [1.807, 2.05) is 0 Å². The van der Waals surface area contributed by atoms with E-state index in [-0.39, 0.29) is 5.41 Å². The highest BCUT2D eigenvalue weighted by Gasteiger charge is 2.59. The minimum absolute atomic E-state index is 0.215. The van der Waals surface area contributed by atoms with E-state index in [1.54, 1.807) is 0 Å². The Kier molecular flexibility index (Phi) is 3.35. The van der Waals surface area contributed by atoms with Crippen molar-refractivity contribution < 1.29 is 8.42 Å². The average molecular weight is 258 g/mol. The van der Waals surface area contributed by atoms with Crippen LogP contribution in [-0.2, 0) is 9.84 Å². The third kappa shape index (κ3) is 2.40. The molecule has 0 bridgehead atoms. The molecule has 2 fully saturated rings. The molecule has 2 rings (SSSR count). The number of hydrogen-bond acceptors (Lipinski definition) is 2. The van der Waals surface area contributed by atoms with Gasteiger partial charge in [0.1, 0.15) is 0 Å². The number of hydrogen-bond donors (Lipinski definition) is 0. The zero-order chi connectivity index (χ0) is 12.7. The van der Waals surface area contributed by atoms with Crippen molar-refractivity contribution in [3.05, 3.63) is 0 Å². The molecular weight excluding hydrogens is 232 g/mol. The van der Waals surface area contributed by atoms with Gasteiger partial charge in [-0.25, -0.2) is 8.42 Å². The zero-order valence-corrected chi connectivity index (χ0v) is 12.3. The second-order valence-corrected chi connectivity index (χ2v) is 8.86. The molecule has 3 heteroatoms. The molecule has 100 valence electrons. The maximum atomic E-state index is 11.3. The van der Waals surface area contributed by atoms with E-state index in [4.69, 9.17) is 0 Å². The van der Waals surface area contributed by atoms with E-state index in [9.17, 15) is 8.42 Å². The Morgan fingerprint density at radius 1 is 1.12 bits per heavy atom. The van der Waals surface area contributed by atoms with Gasteiger partial charge in [0.25, 0.3) is 0 Å². The van der Waals surface area contributed by atoms with Gasteiger partial charge in [-0.15, -0.1) is 0 Å². The first-order valence-electron chi connectivity index (χ1n) is 7.05. The fourth-order valence-corrected chi connectivity index (χ4v) is 6.53. The molecule has 2 nitrogen and oxygen atoms in total. The Bertz CT molecular complexity index is 357. The number of sulfone groups is 1.